The van der Waals surface area contributed by atoms with Crippen LogP contribution in [0.5, 0.6) is 0 Å². The first kappa shape index (κ1) is 24.5. The number of carbonyl (C=O) groups is 3. The molecule has 0 heterocycles. The third kappa shape index (κ3) is 8.59. The smallest absolute Gasteiger partial charge is 0.870 e. The second kappa shape index (κ2) is 9.51. The number of rotatable bonds is 5. The van der Waals surface area contributed by atoms with Gasteiger partial charge in [0.15, 0.2) is 5.60 Å². The van der Waals surface area contributed by atoms with E-state index in [1.165, 1.54) is 0 Å². The van der Waals surface area contributed by atoms with Crippen LogP contribution in [0, 0.1) is 0 Å². The van der Waals surface area contributed by atoms with E-state index < -0.39 is 36.4 Å². The molecule has 0 aliphatic carbocycles. The third-order valence-electron chi connectivity index (χ3n) is 1.28. The first-order chi connectivity index (χ1) is 5.78. The average Bonchev–Trinajstić information content (AvgIpc) is 1.82. The molecule has 0 rings (SSSR count). The molecular weight excluding hydrogens is 237 g/mol. The molecule has 10 heteroatoms. The van der Waals surface area contributed by atoms with Gasteiger partial charge in [-0.1, -0.05) is 0 Å². The van der Waals surface area contributed by atoms with Crippen LogP contribution in [0.3, 0.4) is 0 Å². The number of carbonyl (C=O) groups excluding carboxylic acids is 1. The molecule has 90 valence electrons. The van der Waals surface area contributed by atoms with Crippen molar-refractivity contribution in [2.45, 2.75) is 18.4 Å². The number of quaternary nitrogens is 1. The monoisotopic (exact) mass is 249 g/mol. The summed E-state index contributed by atoms with van der Waals surface area (Å²) in [6.45, 7) is 0. The Morgan fingerprint density at radius 2 is 1.50 bits per heavy atom. The van der Waals surface area contributed by atoms with Crippen molar-refractivity contribution in [1.29, 1.82) is 0 Å². The van der Waals surface area contributed by atoms with Gasteiger partial charge in [-0.2, -0.15) is 0 Å². The topological polar surface area (TPSA) is 201 Å². The Balaban J connectivity index is -0.000000240. The first-order valence-corrected chi connectivity index (χ1v) is 3.15. The zero-order valence-corrected chi connectivity index (χ0v) is 10.8. The quantitative estimate of drug-likeness (QED) is 0.345. The summed E-state index contributed by atoms with van der Waals surface area (Å²) in [7, 11) is 0. The van der Waals surface area contributed by atoms with E-state index in [4.69, 9.17) is 15.3 Å². The molecule has 0 aromatic heterocycles. The number of hydrogen-bond donors (Lipinski definition) is 4. The molecule has 16 heavy (non-hydrogen) atoms. The fourth-order valence-electron chi connectivity index (χ4n) is 0.703. The maximum atomic E-state index is 10.3. The molecule has 0 aliphatic heterocycles. The van der Waals surface area contributed by atoms with E-state index in [0.717, 1.165) is 0 Å². The van der Waals surface area contributed by atoms with Gasteiger partial charge < -0.3 is 36.8 Å². The Kier molecular flexibility index (Phi) is 14.6. The molecule has 1 atom stereocenters. The number of aliphatic hydroxyl groups is 1. The van der Waals surface area contributed by atoms with E-state index in [-0.39, 0.29) is 41.2 Å². The van der Waals surface area contributed by atoms with Gasteiger partial charge in [-0.05, 0) is 0 Å². The van der Waals surface area contributed by atoms with Crippen molar-refractivity contribution in [2.75, 3.05) is 0 Å². The first-order valence-electron chi connectivity index (χ1n) is 3.15. The third-order valence-corrected chi connectivity index (χ3v) is 1.28. The van der Waals surface area contributed by atoms with E-state index in [1.807, 2.05) is 0 Å². The largest absolute Gasteiger partial charge is 1.00 e. The molecule has 0 radical (unpaired) electrons. The molecule has 9 nitrogen and oxygen atoms in total. The molecule has 0 amide bonds. The Labute approximate surface area is 112 Å². The molecule has 0 aliphatic rings. The fraction of sp³-hybridized carbons (Fsp3) is 0.500. The second-order valence-corrected chi connectivity index (χ2v) is 2.46. The van der Waals surface area contributed by atoms with Crippen LogP contribution in [0.25, 0.3) is 0 Å². The SMILES string of the molecule is O=C([O-])CC(O)(CC(=O)O)C(=O)O.[NH4+].[Na+].[OH-]. The standard InChI is InChI=1S/C6H8O7.H3N.Na.H2O/c7-3(8)1-6(13,5(11)12)2-4(9)10;;;/h13H,1-2H2,(H,7,8)(H,9,10)(H,11,12);1H3;;1H2/q;;+1;/p-1. The van der Waals surface area contributed by atoms with E-state index in [0.29, 0.717) is 0 Å². The number of hydrogen-bond acceptors (Lipinski definition) is 6. The van der Waals surface area contributed by atoms with E-state index in [9.17, 15) is 19.5 Å². The molecule has 8 N–H and O–H groups in total. The van der Waals surface area contributed by atoms with E-state index >= 15 is 0 Å². The van der Waals surface area contributed by atoms with Crippen molar-refractivity contribution in [2.24, 2.45) is 0 Å². The van der Waals surface area contributed by atoms with Gasteiger partial charge in [0.2, 0.25) is 0 Å². The van der Waals surface area contributed by atoms with Crippen LogP contribution in [0.15, 0.2) is 0 Å². The molecule has 1 unspecified atom stereocenters. The van der Waals surface area contributed by atoms with Crippen LogP contribution in [-0.4, -0.2) is 44.3 Å². The van der Waals surface area contributed by atoms with Crippen LogP contribution in [0.4, 0.5) is 0 Å². The van der Waals surface area contributed by atoms with E-state index in [1.54, 1.807) is 0 Å². The van der Waals surface area contributed by atoms with Gasteiger partial charge >= 0.3 is 41.5 Å². The predicted octanol–water partition coefficient (Wildman–Crippen LogP) is -5.38. The maximum Gasteiger partial charge on any atom is 1.00 e. The van der Waals surface area contributed by atoms with Crippen molar-refractivity contribution < 1.29 is 69.8 Å². The van der Waals surface area contributed by atoms with Gasteiger partial charge in [-0.15, -0.1) is 0 Å². The summed E-state index contributed by atoms with van der Waals surface area (Å²) in [5.41, 5.74) is -2.80. The van der Waals surface area contributed by atoms with Gasteiger partial charge in [-0.25, -0.2) is 4.79 Å². The molecule has 0 spiro atoms. The minimum atomic E-state index is -2.80. The molecule has 0 bridgehead atoms. The van der Waals surface area contributed by atoms with Gasteiger partial charge in [0.25, 0.3) is 0 Å². The van der Waals surface area contributed by atoms with Crippen LogP contribution >= 0.6 is 0 Å². The predicted molar refractivity (Wildman–Crippen MR) is 42.4 cm³/mol. The van der Waals surface area contributed by atoms with Crippen LogP contribution < -0.4 is 40.8 Å². The summed E-state index contributed by atoms with van der Waals surface area (Å²) in [5, 5.41) is 35.5. The van der Waals surface area contributed by atoms with E-state index in [2.05, 4.69) is 0 Å². The summed E-state index contributed by atoms with van der Waals surface area (Å²) in [5.74, 6) is -5.34. The normalized spacial score (nSPS) is 11.8. The Morgan fingerprint density at radius 3 is 1.69 bits per heavy atom. The Bertz CT molecular complexity index is 239. The number of carboxylic acid groups (broad SMARTS) is 3. The fourth-order valence-corrected chi connectivity index (χ4v) is 0.703. The van der Waals surface area contributed by atoms with Crippen LogP contribution in [0.2, 0.25) is 0 Å². The number of aliphatic carboxylic acids is 3. The van der Waals surface area contributed by atoms with Gasteiger partial charge in [0.05, 0.1) is 6.42 Å². The molecule has 0 aromatic carbocycles. The number of carboxylic acids is 3. The zero-order valence-electron chi connectivity index (χ0n) is 8.84. The van der Waals surface area contributed by atoms with Crippen molar-refractivity contribution in [1.82, 2.24) is 6.15 Å². The molecule has 0 aromatic rings. The Morgan fingerprint density at radius 1 is 1.12 bits per heavy atom. The molecule has 0 saturated carbocycles. The molecule has 0 fully saturated rings. The molecule has 0 saturated heterocycles. The van der Waals surface area contributed by atoms with Crippen molar-refractivity contribution in [3.05, 3.63) is 0 Å². The van der Waals surface area contributed by atoms with Gasteiger partial charge in [0, 0.05) is 12.4 Å². The zero-order chi connectivity index (χ0) is 10.6. The van der Waals surface area contributed by atoms with Crippen molar-refractivity contribution >= 4 is 17.9 Å². The minimum Gasteiger partial charge on any atom is -0.870 e. The summed E-state index contributed by atoms with van der Waals surface area (Å²) in [4.78, 5) is 30.3. The van der Waals surface area contributed by atoms with Gasteiger partial charge in [-0.3, -0.25) is 4.79 Å². The van der Waals surface area contributed by atoms with Crippen molar-refractivity contribution in [3.63, 3.8) is 0 Å². The molecular formula is C6H12NNaO8. The summed E-state index contributed by atoms with van der Waals surface area (Å²) in [6.07, 6.45) is -2.44. The average molecular weight is 249 g/mol. The summed E-state index contributed by atoms with van der Waals surface area (Å²) < 4.78 is 0. The summed E-state index contributed by atoms with van der Waals surface area (Å²) >= 11 is 0. The maximum absolute atomic E-state index is 10.3. The van der Waals surface area contributed by atoms with Crippen molar-refractivity contribution in [3.8, 4) is 0 Å². The second-order valence-electron chi connectivity index (χ2n) is 2.46. The van der Waals surface area contributed by atoms with Crippen LogP contribution in [-0.2, 0) is 14.4 Å². The van der Waals surface area contributed by atoms with Gasteiger partial charge in [0.1, 0.15) is 0 Å². The van der Waals surface area contributed by atoms with Crippen LogP contribution in [0.1, 0.15) is 12.8 Å². The Hall–Kier alpha value is -0.710. The minimum absolute atomic E-state index is 0. The summed E-state index contributed by atoms with van der Waals surface area (Å²) in [6, 6.07) is 0.